The van der Waals surface area contributed by atoms with Crippen LogP contribution < -0.4 is 5.73 Å². The van der Waals surface area contributed by atoms with Crippen LogP contribution in [0.5, 0.6) is 0 Å². The maximum absolute atomic E-state index is 13.4. The van der Waals surface area contributed by atoms with E-state index in [1.165, 1.54) is 11.6 Å². The molecule has 0 bridgehead atoms. The summed E-state index contributed by atoms with van der Waals surface area (Å²) < 4.78 is 40.3. The number of benzene rings is 2. The smallest absolute Gasteiger partial charge is 0.354 e. The van der Waals surface area contributed by atoms with Gasteiger partial charge in [-0.3, -0.25) is 0 Å². The lowest BCUT2D eigenvalue weighted by atomic mass is 9.98. The van der Waals surface area contributed by atoms with Gasteiger partial charge in [0.1, 0.15) is 0 Å². The highest BCUT2D eigenvalue weighted by Gasteiger charge is 2.33. The largest absolute Gasteiger partial charge is 0.418 e. The minimum Gasteiger partial charge on any atom is -0.354 e. The Morgan fingerprint density at radius 3 is 2.35 bits per heavy atom. The predicted molar refractivity (Wildman–Crippen MR) is 100 cm³/mol. The first-order valence-corrected chi connectivity index (χ1v) is 8.95. The monoisotopic (exact) mass is 360 g/mol. The van der Waals surface area contributed by atoms with Crippen molar-refractivity contribution >= 4 is 10.9 Å². The van der Waals surface area contributed by atoms with Gasteiger partial charge >= 0.3 is 6.18 Å². The van der Waals surface area contributed by atoms with Crippen LogP contribution in [-0.4, -0.2) is 11.5 Å². The lowest BCUT2D eigenvalue weighted by Crippen LogP contribution is -2.05. The van der Waals surface area contributed by atoms with E-state index in [9.17, 15) is 13.2 Å². The van der Waals surface area contributed by atoms with Crippen molar-refractivity contribution in [2.24, 2.45) is 5.73 Å². The Morgan fingerprint density at radius 1 is 1.00 bits per heavy atom. The summed E-state index contributed by atoms with van der Waals surface area (Å²) in [7, 11) is 0. The van der Waals surface area contributed by atoms with E-state index < -0.39 is 11.7 Å². The predicted octanol–water partition coefficient (Wildman–Crippen LogP) is 5.70. The number of aromatic amines is 1. The van der Waals surface area contributed by atoms with Crippen molar-refractivity contribution in [1.82, 2.24) is 4.98 Å². The molecule has 3 rings (SSSR count). The van der Waals surface area contributed by atoms with Gasteiger partial charge in [-0.05, 0) is 55.0 Å². The maximum Gasteiger partial charge on any atom is 0.418 e. The first-order chi connectivity index (χ1) is 12.5. The molecule has 2 aromatic carbocycles. The van der Waals surface area contributed by atoms with Gasteiger partial charge in [0, 0.05) is 11.1 Å². The van der Waals surface area contributed by atoms with Gasteiger partial charge in [-0.1, -0.05) is 43.3 Å². The summed E-state index contributed by atoms with van der Waals surface area (Å²) in [6.07, 6.45) is -1.07. The van der Waals surface area contributed by atoms with Gasteiger partial charge in [-0.2, -0.15) is 13.2 Å². The number of aryl methyl sites for hydroxylation is 2. The van der Waals surface area contributed by atoms with Crippen molar-refractivity contribution in [2.75, 3.05) is 6.54 Å². The number of unbranched alkanes of at least 4 members (excludes halogenated alkanes) is 1. The Hall–Kier alpha value is -2.27. The highest BCUT2D eigenvalue weighted by molar-refractivity contribution is 5.93. The third-order valence-corrected chi connectivity index (χ3v) is 4.78. The van der Waals surface area contributed by atoms with Gasteiger partial charge in [0.05, 0.1) is 11.1 Å². The molecule has 0 fully saturated rings. The summed E-state index contributed by atoms with van der Waals surface area (Å²) in [6, 6.07) is 12.4. The summed E-state index contributed by atoms with van der Waals surface area (Å²) >= 11 is 0. The molecule has 0 radical (unpaired) electrons. The number of rotatable bonds is 6. The number of hydrogen-bond acceptors (Lipinski definition) is 1. The van der Waals surface area contributed by atoms with Crippen LogP contribution in [0.25, 0.3) is 22.2 Å². The minimum atomic E-state index is -4.39. The van der Waals surface area contributed by atoms with Gasteiger partial charge < -0.3 is 10.7 Å². The number of alkyl halides is 3. The molecule has 1 heterocycles. The fourth-order valence-corrected chi connectivity index (χ4v) is 3.37. The molecular formula is C21H23F3N2. The van der Waals surface area contributed by atoms with E-state index in [4.69, 9.17) is 5.73 Å². The molecule has 0 spiro atoms. The zero-order chi connectivity index (χ0) is 18.7. The second kappa shape index (κ2) is 7.54. The van der Waals surface area contributed by atoms with Crippen molar-refractivity contribution in [1.29, 1.82) is 0 Å². The molecule has 0 aliphatic carbocycles. The molecule has 26 heavy (non-hydrogen) atoms. The molecule has 0 atom stereocenters. The van der Waals surface area contributed by atoms with E-state index in [1.807, 2.05) is 24.3 Å². The van der Waals surface area contributed by atoms with E-state index in [0.29, 0.717) is 18.4 Å². The fraction of sp³-hybridized carbons (Fsp3) is 0.333. The molecule has 0 saturated heterocycles. The van der Waals surface area contributed by atoms with Gasteiger partial charge in [0.25, 0.3) is 0 Å². The van der Waals surface area contributed by atoms with Crippen molar-refractivity contribution in [3.8, 4) is 11.3 Å². The summed E-state index contributed by atoms with van der Waals surface area (Å²) in [4.78, 5) is 3.07. The molecule has 0 unspecified atom stereocenters. The average molecular weight is 360 g/mol. The number of hydrogen-bond donors (Lipinski definition) is 2. The first kappa shape index (κ1) is 18.5. The van der Waals surface area contributed by atoms with E-state index in [-0.39, 0.29) is 5.52 Å². The fourth-order valence-electron chi connectivity index (χ4n) is 3.37. The van der Waals surface area contributed by atoms with Crippen molar-refractivity contribution < 1.29 is 13.2 Å². The maximum atomic E-state index is 13.4. The summed E-state index contributed by atoms with van der Waals surface area (Å²) in [6.45, 7) is 2.66. The molecule has 3 aromatic rings. The lowest BCUT2D eigenvalue weighted by molar-refractivity contribution is -0.136. The Kier molecular flexibility index (Phi) is 5.37. The number of halogens is 3. The van der Waals surface area contributed by atoms with Gasteiger partial charge in [-0.15, -0.1) is 0 Å². The molecule has 1 aromatic heterocycles. The van der Waals surface area contributed by atoms with Crippen LogP contribution in [0.2, 0.25) is 0 Å². The van der Waals surface area contributed by atoms with Crippen LogP contribution in [0.1, 0.15) is 36.5 Å². The van der Waals surface area contributed by atoms with E-state index in [0.717, 1.165) is 42.1 Å². The summed E-state index contributed by atoms with van der Waals surface area (Å²) in [5.74, 6) is 0. The Labute approximate surface area is 151 Å². The van der Waals surface area contributed by atoms with Crippen LogP contribution in [-0.2, 0) is 19.0 Å². The molecule has 0 saturated carbocycles. The molecular weight excluding hydrogens is 337 g/mol. The highest BCUT2D eigenvalue weighted by Crippen LogP contribution is 2.39. The molecule has 2 nitrogen and oxygen atoms in total. The van der Waals surface area contributed by atoms with E-state index in [2.05, 4.69) is 11.9 Å². The lowest BCUT2D eigenvalue weighted by Gasteiger charge is -2.07. The summed E-state index contributed by atoms with van der Waals surface area (Å²) in [5.41, 5.74) is 8.95. The SMILES string of the molecule is CCc1ccc(-c2[nH]c3c(C(F)(F)F)cccc3c2CCCCN)cc1. The zero-order valence-electron chi connectivity index (χ0n) is 14.8. The van der Waals surface area contributed by atoms with Crippen LogP contribution in [0.15, 0.2) is 42.5 Å². The van der Waals surface area contributed by atoms with Gasteiger partial charge in [0.2, 0.25) is 0 Å². The third kappa shape index (κ3) is 3.63. The highest BCUT2D eigenvalue weighted by atomic mass is 19.4. The van der Waals surface area contributed by atoms with Crippen LogP contribution >= 0.6 is 0 Å². The van der Waals surface area contributed by atoms with E-state index in [1.54, 1.807) is 6.07 Å². The molecule has 3 N–H and O–H groups in total. The minimum absolute atomic E-state index is 0.164. The van der Waals surface area contributed by atoms with Crippen molar-refractivity contribution in [3.63, 3.8) is 0 Å². The first-order valence-electron chi connectivity index (χ1n) is 8.95. The van der Waals surface area contributed by atoms with Crippen molar-refractivity contribution in [3.05, 3.63) is 59.2 Å². The van der Waals surface area contributed by atoms with Gasteiger partial charge in [0.15, 0.2) is 0 Å². The van der Waals surface area contributed by atoms with Crippen LogP contribution in [0.4, 0.5) is 13.2 Å². The zero-order valence-corrected chi connectivity index (χ0v) is 14.8. The Morgan fingerprint density at radius 2 is 1.73 bits per heavy atom. The Balaban J connectivity index is 2.17. The number of fused-ring (bicyclic) bond motifs is 1. The third-order valence-electron chi connectivity index (χ3n) is 4.78. The van der Waals surface area contributed by atoms with Crippen LogP contribution in [0.3, 0.4) is 0 Å². The molecule has 0 aliphatic heterocycles. The van der Waals surface area contributed by atoms with Gasteiger partial charge in [-0.25, -0.2) is 0 Å². The Bertz CT molecular complexity index is 877. The number of nitrogens with one attached hydrogen (secondary N) is 1. The number of H-pyrrole nitrogens is 1. The molecule has 5 heteroatoms. The topological polar surface area (TPSA) is 41.8 Å². The second-order valence-electron chi connectivity index (χ2n) is 6.50. The average Bonchev–Trinajstić information content (AvgIpc) is 3.00. The molecule has 0 aliphatic rings. The quantitative estimate of drug-likeness (QED) is 0.544. The van der Waals surface area contributed by atoms with E-state index >= 15 is 0 Å². The van der Waals surface area contributed by atoms with Crippen molar-refractivity contribution in [2.45, 2.75) is 38.8 Å². The van der Waals surface area contributed by atoms with Crippen LogP contribution in [0, 0.1) is 0 Å². The molecule has 0 amide bonds. The normalized spacial score (nSPS) is 12.0. The standard InChI is InChI=1S/C21H23F3N2/c1-2-14-9-11-15(12-10-14)19-16(6-3-4-13-25)17-7-5-8-18(20(17)26-19)21(22,23)24/h5,7-12,26H,2-4,6,13,25H2,1H3. The summed E-state index contributed by atoms with van der Waals surface area (Å²) in [5, 5.41) is 0.645. The number of aromatic nitrogens is 1. The number of nitrogens with two attached hydrogens (primary N) is 1. The number of para-hydroxylation sites is 1. The second-order valence-corrected chi connectivity index (χ2v) is 6.50. The molecule has 138 valence electrons.